The summed E-state index contributed by atoms with van der Waals surface area (Å²) in [6, 6.07) is 16.3. The summed E-state index contributed by atoms with van der Waals surface area (Å²) < 4.78 is 2.08. The third-order valence-corrected chi connectivity index (χ3v) is 5.67. The molecule has 4 heteroatoms. The van der Waals surface area contributed by atoms with Gasteiger partial charge in [-0.15, -0.1) is 0 Å². The van der Waals surface area contributed by atoms with Gasteiger partial charge in [0.1, 0.15) is 0 Å². The molecular weight excluding hydrogens is 447 g/mol. The van der Waals surface area contributed by atoms with Gasteiger partial charge in [0.05, 0.1) is 0 Å². The van der Waals surface area contributed by atoms with Crippen molar-refractivity contribution in [2.45, 2.75) is 0 Å². The first-order valence-electron chi connectivity index (χ1n) is 6.64. The van der Waals surface area contributed by atoms with Gasteiger partial charge in [-0.1, -0.05) is 67.2 Å². The van der Waals surface area contributed by atoms with E-state index in [0.717, 1.165) is 29.8 Å². The van der Waals surface area contributed by atoms with Crippen molar-refractivity contribution < 1.29 is 0 Å². The van der Waals surface area contributed by atoms with Crippen LogP contribution in [0.1, 0.15) is 0 Å². The van der Waals surface area contributed by atoms with Gasteiger partial charge >= 0.3 is 0 Å². The lowest BCUT2D eigenvalue weighted by atomic mass is 9.97. The lowest BCUT2D eigenvalue weighted by molar-refractivity contribution is 1.73. The summed E-state index contributed by atoms with van der Waals surface area (Å²) in [5.74, 6) is 0. The molecule has 0 N–H and O–H groups in total. The smallest absolute Gasteiger partial charge is 0.0412 e. The van der Waals surface area contributed by atoms with E-state index in [9.17, 15) is 0 Å². The number of hydrogen-bond acceptors (Lipinski definition) is 0. The van der Waals surface area contributed by atoms with Gasteiger partial charge in [-0.25, -0.2) is 0 Å². The minimum atomic E-state index is 0.735. The minimum Gasteiger partial charge on any atom is -0.0843 e. The quantitative estimate of drug-likeness (QED) is 0.236. The molecule has 0 bridgehead atoms. The van der Waals surface area contributed by atoms with Crippen LogP contribution in [0.25, 0.3) is 32.3 Å². The summed E-state index contributed by atoms with van der Waals surface area (Å²) in [6.45, 7) is 0. The van der Waals surface area contributed by atoms with Crippen LogP contribution in [0, 0.1) is 0 Å². The number of fused-ring (bicyclic) bond motifs is 5. The lowest BCUT2D eigenvalue weighted by Gasteiger charge is -2.11. The second kappa shape index (κ2) is 5.38. The Morgan fingerprint density at radius 1 is 0.500 bits per heavy atom. The molecule has 0 aliphatic rings. The van der Waals surface area contributed by atoms with Gasteiger partial charge in [-0.2, -0.15) is 0 Å². The highest BCUT2D eigenvalue weighted by Crippen LogP contribution is 2.40. The molecule has 108 valence electrons. The molecule has 0 spiro atoms. The Bertz CT molecular complexity index is 984. The number of halogens is 4. The average molecular weight is 455 g/mol. The first kappa shape index (κ1) is 14.8. The Kier molecular flexibility index (Phi) is 3.61. The van der Waals surface area contributed by atoms with E-state index in [2.05, 4.69) is 56.1 Å². The van der Waals surface area contributed by atoms with E-state index in [1.807, 2.05) is 24.3 Å². The normalized spacial score (nSPS) is 11.6. The van der Waals surface area contributed by atoms with Crippen LogP contribution < -0.4 is 0 Å². The SMILES string of the molecule is Clc1ccc2c(c1)c(Br)cc1c3ccc(Cl)cc3c(Br)cc21. The molecule has 0 aliphatic carbocycles. The Morgan fingerprint density at radius 3 is 1.32 bits per heavy atom. The van der Waals surface area contributed by atoms with E-state index in [1.165, 1.54) is 21.5 Å². The predicted molar refractivity (Wildman–Crippen MR) is 104 cm³/mol. The zero-order chi connectivity index (χ0) is 15.4. The molecule has 0 fully saturated rings. The second-order valence-corrected chi connectivity index (χ2v) is 7.77. The molecule has 0 unspecified atom stereocenters. The molecule has 0 saturated heterocycles. The fourth-order valence-electron chi connectivity index (χ4n) is 2.91. The topological polar surface area (TPSA) is 0 Å². The third-order valence-electron chi connectivity index (χ3n) is 3.89. The molecule has 0 saturated carbocycles. The molecule has 0 heterocycles. The lowest BCUT2D eigenvalue weighted by Crippen LogP contribution is -1.84. The maximum atomic E-state index is 6.14. The highest BCUT2D eigenvalue weighted by atomic mass is 79.9. The van der Waals surface area contributed by atoms with Gasteiger partial charge in [0, 0.05) is 19.0 Å². The second-order valence-electron chi connectivity index (χ2n) is 5.19. The first-order valence-corrected chi connectivity index (χ1v) is 8.98. The van der Waals surface area contributed by atoms with Crippen molar-refractivity contribution in [3.8, 4) is 0 Å². The Labute approximate surface area is 154 Å². The Balaban J connectivity index is 2.30. The number of hydrogen-bond donors (Lipinski definition) is 0. The van der Waals surface area contributed by atoms with E-state index in [1.54, 1.807) is 0 Å². The molecule has 0 nitrogen and oxygen atoms in total. The minimum absolute atomic E-state index is 0.735. The molecule has 22 heavy (non-hydrogen) atoms. The van der Waals surface area contributed by atoms with Crippen LogP contribution in [0.4, 0.5) is 0 Å². The van der Waals surface area contributed by atoms with Crippen molar-refractivity contribution in [3.63, 3.8) is 0 Å². The highest BCUT2D eigenvalue weighted by Gasteiger charge is 2.11. The largest absolute Gasteiger partial charge is 0.0843 e. The molecule has 0 atom stereocenters. The van der Waals surface area contributed by atoms with Crippen LogP contribution in [0.2, 0.25) is 10.0 Å². The number of benzene rings is 4. The summed E-state index contributed by atoms with van der Waals surface area (Å²) in [4.78, 5) is 0. The van der Waals surface area contributed by atoms with E-state index < -0.39 is 0 Å². The Morgan fingerprint density at radius 2 is 0.909 bits per heavy atom. The first-order chi connectivity index (χ1) is 10.5. The third kappa shape index (κ3) is 2.25. The van der Waals surface area contributed by atoms with E-state index >= 15 is 0 Å². The van der Waals surface area contributed by atoms with Gasteiger partial charge in [0.2, 0.25) is 0 Å². The zero-order valence-electron chi connectivity index (χ0n) is 11.1. The molecule has 0 aliphatic heterocycles. The fraction of sp³-hybridized carbons (Fsp3) is 0. The maximum absolute atomic E-state index is 6.14. The van der Waals surface area contributed by atoms with Crippen LogP contribution >= 0.6 is 55.1 Å². The van der Waals surface area contributed by atoms with Crippen LogP contribution in [-0.2, 0) is 0 Å². The van der Waals surface area contributed by atoms with Crippen molar-refractivity contribution in [3.05, 3.63) is 67.5 Å². The molecule has 0 amide bonds. The van der Waals surface area contributed by atoms with Crippen LogP contribution in [0.3, 0.4) is 0 Å². The van der Waals surface area contributed by atoms with Crippen molar-refractivity contribution in [1.82, 2.24) is 0 Å². The molecule has 0 aromatic heterocycles. The van der Waals surface area contributed by atoms with Crippen molar-refractivity contribution in [2.24, 2.45) is 0 Å². The highest BCUT2D eigenvalue weighted by molar-refractivity contribution is 9.11. The standard InChI is InChI=1S/C18H8Br2Cl2/c19-17-8-14-12-4-2-10(22)6-16(12)18(20)7-13(14)11-3-1-9(21)5-15(11)17/h1-8H. The van der Waals surface area contributed by atoms with Gasteiger partial charge in [0.15, 0.2) is 0 Å². The van der Waals surface area contributed by atoms with E-state index in [0.29, 0.717) is 0 Å². The Hall–Kier alpha value is -0.800. The molecule has 4 aromatic rings. The molecular formula is C18H8Br2Cl2. The van der Waals surface area contributed by atoms with E-state index in [4.69, 9.17) is 23.2 Å². The number of rotatable bonds is 0. The van der Waals surface area contributed by atoms with Crippen molar-refractivity contribution >= 4 is 87.4 Å². The monoisotopic (exact) mass is 452 g/mol. The van der Waals surface area contributed by atoms with Crippen LogP contribution in [0.5, 0.6) is 0 Å². The molecule has 4 aromatic carbocycles. The summed E-state index contributed by atoms with van der Waals surface area (Å²) in [6.07, 6.45) is 0. The van der Waals surface area contributed by atoms with Crippen LogP contribution in [-0.4, -0.2) is 0 Å². The van der Waals surface area contributed by atoms with Crippen molar-refractivity contribution in [2.75, 3.05) is 0 Å². The van der Waals surface area contributed by atoms with Crippen LogP contribution in [0.15, 0.2) is 57.5 Å². The van der Waals surface area contributed by atoms with Gasteiger partial charge in [0.25, 0.3) is 0 Å². The molecule has 4 rings (SSSR count). The summed E-state index contributed by atoms with van der Waals surface area (Å²) in [5.41, 5.74) is 0. The summed E-state index contributed by atoms with van der Waals surface area (Å²) in [5, 5.41) is 8.42. The molecule has 0 radical (unpaired) electrons. The zero-order valence-corrected chi connectivity index (χ0v) is 15.8. The fourth-order valence-corrected chi connectivity index (χ4v) is 4.37. The summed E-state index contributed by atoms with van der Waals surface area (Å²) >= 11 is 19.6. The average Bonchev–Trinajstić information content (AvgIpc) is 2.49. The van der Waals surface area contributed by atoms with Gasteiger partial charge < -0.3 is 0 Å². The van der Waals surface area contributed by atoms with E-state index in [-0.39, 0.29) is 0 Å². The summed E-state index contributed by atoms with van der Waals surface area (Å²) in [7, 11) is 0. The van der Waals surface area contributed by atoms with Gasteiger partial charge in [-0.3, -0.25) is 0 Å². The van der Waals surface area contributed by atoms with Crippen molar-refractivity contribution in [1.29, 1.82) is 0 Å². The maximum Gasteiger partial charge on any atom is 0.0412 e. The van der Waals surface area contributed by atoms with Gasteiger partial charge in [-0.05, 0) is 68.7 Å². The predicted octanol–water partition coefficient (Wildman–Crippen LogP) is 7.98.